The Morgan fingerprint density at radius 1 is 0.769 bits per heavy atom. The van der Waals surface area contributed by atoms with Gasteiger partial charge in [0.05, 0.1) is 7.11 Å². The topological polar surface area (TPSA) is 53.7 Å². The van der Waals surface area contributed by atoms with Gasteiger partial charge in [-0.1, -0.05) is 48.5 Å². The molecule has 2 N–H and O–H groups in total. The summed E-state index contributed by atoms with van der Waals surface area (Å²) in [6.45, 7) is 1.46. The Labute approximate surface area is 154 Å². The Balaban J connectivity index is 1.76. The smallest absolute Gasteiger partial charge is 0.161 e. The zero-order valence-electron chi connectivity index (χ0n) is 14.9. The molecule has 4 heteroatoms. The van der Waals surface area contributed by atoms with Gasteiger partial charge in [-0.05, 0) is 41.0 Å². The summed E-state index contributed by atoms with van der Waals surface area (Å²) in [5, 5.41) is 0. The van der Waals surface area contributed by atoms with E-state index < -0.39 is 0 Å². The van der Waals surface area contributed by atoms with Crippen LogP contribution in [-0.2, 0) is 6.61 Å². The largest absolute Gasteiger partial charge is 0.493 e. The summed E-state index contributed by atoms with van der Waals surface area (Å²) in [6, 6.07) is 24.0. The second kappa shape index (κ2) is 8.92. The molecular weight excluding hydrogens is 326 g/mol. The summed E-state index contributed by atoms with van der Waals surface area (Å²) in [4.78, 5) is 0. The van der Waals surface area contributed by atoms with Crippen molar-refractivity contribution in [3.63, 3.8) is 0 Å². The van der Waals surface area contributed by atoms with Crippen molar-refractivity contribution >= 4 is 0 Å². The third kappa shape index (κ3) is 4.55. The summed E-state index contributed by atoms with van der Waals surface area (Å²) in [5.41, 5.74) is 8.73. The van der Waals surface area contributed by atoms with Crippen LogP contribution in [0.15, 0.2) is 72.8 Å². The third-order valence-electron chi connectivity index (χ3n) is 3.95. The van der Waals surface area contributed by atoms with Crippen LogP contribution in [0.4, 0.5) is 0 Å². The highest BCUT2D eigenvalue weighted by Gasteiger charge is 2.08. The van der Waals surface area contributed by atoms with Crippen molar-refractivity contribution in [3.05, 3.63) is 78.4 Å². The quantitative estimate of drug-likeness (QED) is 0.659. The molecule has 0 unspecified atom stereocenters. The Morgan fingerprint density at radius 2 is 1.58 bits per heavy atom. The molecule has 0 saturated carbocycles. The van der Waals surface area contributed by atoms with Crippen LogP contribution in [0.5, 0.6) is 17.2 Å². The number of methoxy groups -OCH3 is 1. The molecule has 134 valence electrons. The molecule has 0 amide bonds. The van der Waals surface area contributed by atoms with Crippen molar-refractivity contribution in [2.75, 3.05) is 20.3 Å². The molecule has 0 bridgehead atoms. The van der Waals surface area contributed by atoms with Gasteiger partial charge >= 0.3 is 0 Å². The first-order valence-electron chi connectivity index (χ1n) is 8.58. The Kier molecular flexibility index (Phi) is 6.12. The highest BCUT2D eigenvalue weighted by Crippen LogP contribution is 2.33. The molecular formula is C22H23NO3. The van der Waals surface area contributed by atoms with Crippen molar-refractivity contribution in [1.82, 2.24) is 0 Å². The van der Waals surface area contributed by atoms with Crippen molar-refractivity contribution < 1.29 is 14.2 Å². The highest BCUT2D eigenvalue weighted by atomic mass is 16.5. The van der Waals surface area contributed by atoms with Gasteiger partial charge in [-0.2, -0.15) is 0 Å². The van der Waals surface area contributed by atoms with E-state index in [4.69, 9.17) is 19.9 Å². The number of rotatable bonds is 8. The standard InChI is InChI=1S/C22H23NO3/c1-24-22-15-19(10-11-21(22)25-13-12-23)18-8-5-9-20(14-18)26-16-17-6-3-2-4-7-17/h2-11,14-15H,12-13,16,23H2,1H3. The lowest BCUT2D eigenvalue weighted by molar-refractivity contribution is 0.302. The van der Waals surface area contributed by atoms with Gasteiger partial charge in [-0.3, -0.25) is 0 Å². The maximum atomic E-state index is 5.92. The Morgan fingerprint density at radius 3 is 2.35 bits per heavy atom. The summed E-state index contributed by atoms with van der Waals surface area (Å²) >= 11 is 0. The molecule has 0 heterocycles. The SMILES string of the molecule is COc1cc(-c2cccc(OCc3ccccc3)c2)ccc1OCCN. The first kappa shape index (κ1) is 17.8. The van der Waals surface area contributed by atoms with Crippen LogP contribution >= 0.6 is 0 Å². The molecule has 4 nitrogen and oxygen atoms in total. The lowest BCUT2D eigenvalue weighted by atomic mass is 10.0. The minimum absolute atomic E-state index is 0.457. The summed E-state index contributed by atoms with van der Waals surface area (Å²) < 4.78 is 17.0. The van der Waals surface area contributed by atoms with E-state index in [2.05, 4.69) is 12.1 Å². The highest BCUT2D eigenvalue weighted by molar-refractivity contribution is 5.68. The minimum Gasteiger partial charge on any atom is -0.493 e. The van der Waals surface area contributed by atoms with Gasteiger partial charge in [0.2, 0.25) is 0 Å². The summed E-state index contributed by atoms with van der Waals surface area (Å²) in [6.07, 6.45) is 0. The van der Waals surface area contributed by atoms with Gasteiger partial charge in [-0.15, -0.1) is 0 Å². The van der Waals surface area contributed by atoms with Gasteiger partial charge < -0.3 is 19.9 Å². The fourth-order valence-electron chi connectivity index (χ4n) is 2.64. The number of hydrogen-bond donors (Lipinski definition) is 1. The van der Waals surface area contributed by atoms with E-state index in [0.29, 0.717) is 31.3 Å². The predicted molar refractivity (Wildman–Crippen MR) is 104 cm³/mol. The number of ether oxygens (including phenoxy) is 3. The van der Waals surface area contributed by atoms with Crippen molar-refractivity contribution in [3.8, 4) is 28.4 Å². The van der Waals surface area contributed by atoms with E-state index in [0.717, 1.165) is 22.4 Å². The van der Waals surface area contributed by atoms with E-state index in [9.17, 15) is 0 Å². The molecule has 3 rings (SSSR count). The molecule has 3 aromatic rings. The number of hydrogen-bond acceptors (Lipinski definition) is 4. The van der Waals surface area contributed by atoms with Crippen molar-refractivity contribution in [1.29, 1.82) is 0 Å². The van der Waals surface area contributed by atoms with Crippen LogP contribution in [0.3, 0.4) is 0 Å². The molecule has 3 aromatic carbocycles. The van der Waals surface area contributed by atoms with E-state index >= 15 is 0 Å². The molecule has 0 radical (unpaired) electrons. The molecule has 0 fully saturated rings. The third-order valence-corrected chi connectivity index (χ3v) is 3.95. The second-order valence-electron chi connectivity index (χ2n) is 5.80. The van der Waals surface area contributed by atoms with Crippen molar-refractivity contribution in [2.24, 2.45) is 5.73 Å². The monoisotopic (exact) mass is 349 g/mol. The normalized spacial score (nSPS) is 10.4. The molecule has 0 aliphatic carbocycles. The molecule has 0 aliphatic heterocycles. The minimum atomic E-state index is 0.457. The molecule has 0 aliphatic rings. The van der Waals surface area contributed by atoms with E-state index in [-0.39, 0.29) is 0 Å². The second-order valence-corrected chi connectivity index (χ2v) is 5.80. The Bertz CT molecular complexity index is 834. The Hall–Kier alpha value is -2.98. The zero-order chi connectivity index (χ0) is 18.2. The molecule has 26 heavy (non-hydrogen) atoms. The lowest BCUT2D eigenvalue weighted by Gasteiger charge is -2.12. The molecule has 0 spiro atoms. The van der Waals surface area contributed by atoms with Gasteiger partial charge in [0.15, 0.2) is 11.5 Å². The average Bonchev–Trinajstić information content (AvgIpc) is 2.71. The average molecular weight is 349 g/mol. The molecule has 0 saturated heterocycles. The first-order chi connectivity index (χ1) is 12.8. The van der Waals surface area contributed by atoms with Crippen LogP contribution in [-0.4, -0.2) is 20.3 Å². The van der Waals surface area contributed by atoms with Gasteiger partial charge in [0, 0.05) is 6.54 Å². The van der Waals surface area contributed by atoms with Gasteiger partial charge in [0.25, 0.3) is 0 Å². The zero-order valence-corrected chi connectivity index (χ0v) is 14.9. The van der Waals surface area contributed by atoms with E-state index in [1.807, 2.05) is 60.7 Å². The van der Waals surface area contributed by atoms with Crippen LogP contribution < -0.4 is 19.9 Å². The lowest BCUT2D eigenvalue weighted by Crippen LogP contribution is -2.11. The van der Waals surface area contributed by atoms with Crippen LogP contribution in [0.2, 0.25) is 0 Å². The van der Waals surface area contributed by atoms with Crippen molar-refractivity contribution in [2.45, 2.75) is 6.61 Å². The predicted octanol–water partition coefficient (Wildman–Crippen LogP) is 4.28. The van der Waals surface area contributed by atoms with Crippen LogP contribution in [0, 0.1) is 0 Å². The van der Waals surface area contributed by atoms with E-state index in [1.165, 1.54) is 0 Å². The number of benzene rings is 3. The number of nitrogens with two attached hydrogens (primary N) is 1. The summed E-state index contributed by atoms with van der Waals surface area (Å²) in [5.74, 6) is 2.21. The summed E-state index contributed by atoms with van der Waals surface area (Å²) in [7, 11) is 1.63. The first-order valence-corrected chi connectivity index (χ1v) is 8.58. The van der Waals surface area contributed by atoms with Gasteiger partial charge in [-0.25, -0.2) is 0 Å². The molecule has 0 atom stereocenters. The van der Waals surface area contributed by atoms with Crippen LogP contribution in [0.1, 0.15) is 5.56 Å². The van der Waals surface area contributed by atoms with Gasteiger partial charge in [0.1, 0.15) is 19.0 Å². The van der Waals surface area contributed by atoms with Crippen LogP contribution in [0.25, 0.3) is 11.1 Å². The van der Waals surface area contributed by atoms with E-state index in [1.54, 1.807) is 7.11 Å². The maximum absolute atomic E-state index is 5.92. The molecule has 0 aromatic heterocycles. The fourth-order valence-corrected chi connectivity index (χ4v) is 2.64. The fraction of sp³-hybridized carbons (Fsp3) is 0.182. The maximum Gasteiger partial charge on any atom is 0.161 e.